The van der Waals surface area contributed by atoms with E-state index < -0.39 is 0 Å². The zero-order chi connectivity index (χ0) is 14.2. The topological polar surface area (TPSA) is 24.5 Å². The third kappa shape index (κ3) is 4.80. The Hall–Kier alpha value is -1.06. The molecular weight excluding hydrogens is 248 g/mol. The molecule has 0 aromatic heterocycles. The fraction of sp³-hybridized carbons (Fsp3) is 0.647. The lowest BCUT2D eigenvalue weighted by atomic mass is 10.0. The van der Waals surface area contributed by atoms with Crippen LogP contribution in [0.3, 0.4) is 0 Å². The molecule has 0 saturated carbocycles. The molecule has 2 rings (SSSR count). The van der Waals surface area contributed by atoms with Crippen molar-refractivity contribution in [2.24, 2.45) is 0 Å². The van der Waals surface area contributed by atoms with E-state index in [2.05, 4.69) is 48.3 Å². The van der Waals surface area contributed by atoms with Crippen LogP contribution in [0.15, 0.2) is 24.3 Å². The monoisotopic (exact) mass is 276 g/mol. The Kier molecular flexibility index (Phi) is 6.34. The van der Waals surface area contributed by atoms with Gasteiger partial charge in [-0.05, 0) is 51.3 Å². The molecule has 0 unspecified atom stereocenters. The summed E-state index contributed by atoms with van der Waals surface area (Å²) in [5.41, 5.74) is 2.94. The van der Waals surface area contributed by atoms with Crippen molar-refractivity contribution in [3.8, 4) is 0 Å². The van der Waals surface area contributed by atoms with Crippen molar-refractivity contribution in [2.45, 2.75) is 39.2 Å². The summed E-state index contributed by atoms with van der Waals surface area (Å²) in [6.07, 6.45) is 3.94. The molecule has 1 N–H and O–H groups in total. The highest BCUT2D eigenvalue weighted by molar-refractivity contribution is 5.55. The first kappa shape index (κ1) is 15.3. The van der Waals surface area contributed by atoms with Crippen LogP contribution >= 0.6 is 0 Å². The van der Waals surface area contributed by atoms with Gasteiger partial charge in [-0.15, -0.1) is 0 Å². The minimum atomic E-state index is 0.347. The van der Waals surface area contributed by atoms with Crippen LogP contribution in [0.4, 0.5) is 5.69 Å². The van der Waals surface area contributed by atoms with Crippen LogP contribution in [0, 0.1) is 0 Å². The number of benzene rings is 1. The van der Waals surface area contributed by atoms with Gasteiger partial charge in [0.05, 0.1) is 6.10 Å². The molecule has 3 heteroatoms. The van der Waals surface area contributed by atoms with Crippen LogP contribution in [0.2, 0.25) is 0 Å². The Morgan fingerprint density at radius 3 is 2.95 bits per heavy atom. The first-order valence-electron chi connectivity index (χ1n) is 7.92. The molecule has 1 aromatic carbocycles. The molecule has 3 nitrogen and oxygen atoms in total. The number of hydrogen-bond acceptors (Lipinski definition) is 3. The van der Waals surface area contributed by atoms with E-state index in [0.29, 0.717) is 6.10 Å². The zero-order valence-electron chi connectivity index (χ0n) is 12.9. The van der Waals surface area contributed by atoms with Crippen molar-refractivity contribution in [2.75, 3.05) is 37.7 Å². The quantitative estimate of drug-likeness (QED) is 0.739. The lowest BCUT2D eigenvalue weighted by Gasteiger charge is -2.31. The van der Waals surface area contributed by atoms with Crippen LogP contribution in [0.5, 0.6) is 0 Å². The van der Waals surface area contributed by atoms with Gasteiger partial charge < -0.3 is 15.0 Å². The highest BCUT2D eigenvalue weighted by Gasteiger charge is 2.15. The van der Waals surface area contributed by atoms with Crippen molar-refractivity contribution < 1.29 is 4.74 Å². The number of aryl methyl sites for hydroxylation is 1. The third-order valence-electron chi connectivity index (χ3n) is 3.71. The lowest BCUT2D eigenvalue weighted by molar-refractivity contribution is 0.0771. The second-order valence-corrected chi connectivity index (χ2v) is 5.74. The Bertz CT molecular complexity index is 392. The molecule has 0 radical (unpaired) electrons. The Balaban J connectivity index is 1.63. The highest BCUT2D eigenvalue weighted by Crippen LogP contribution is 2.25. The molecule has 1 aliphatic rings. The van der Waals surface area contributed by atoms with E-state index in [0.717, 1.165) is 32.7 Å². The third-order valence-corrected chi connectivity index (χ3v) is 3.71. The van der Waals surface area contributed by atoms with Crippen LogP contribution in [-0.4, -0.2) is 38.9 Å². The summed E-state index contributed by atoms with van der Waals surface area (Å²) in [6.45, 7) is 9.41. The van der Waals surface area contributed by atoms with E-state index in [-0.39, 0.29) is 0 Å². The van der Waals surface area contributed by atoms with E-state index >= 15 is 0 Å². The number of ether oxygens (including phenoxy) is 1. The summed E-state index contributed by atoms with van der Waals surface area (Å²) in [7, 11) is 0. The van der Waals surface area contributed by atoms with Crippen LogP contribution in [-0.2, 0) is 11.2 Å². The van der Waals surface area contributed by atoms with Crippen LogP contribution in [0.25, 0.3) is 0 Å². The fourth-order valence-electron chi connectivity index (χ4n) is 2.70. The summed E-state index contributed by atoms with van der Waals surface area (Å²) in [5.74, 6) is 0. The van der Waals surface area contributed by atoms with Gasteiger partial charge in [-0.3, -0.25) is 0 Å². The van der Waals surface area contributed by atoms with E-state index in [1.165, 1.54) is 30.6 Å². The predicted molar refractivity (Wildman–Crippen MR) is 85.6 cm³/mol. The summed E-state index contributed by atoms with van der Waals surface area (Å²) in [4.78, 5) is 2.51. The van der Waals surface area contributed by atoms with Gasteiger partial charge >= 0.3 is 0 Å². The smallest absolute Gasteiger partial charge is 0.0518 e. The average molecular weight is 276 g/mol. The molecule has 0 saturated heterocycles. The van der Waals surface area contributed by atoms with Gasteiger partial charge in [-0.1, -0.05) is 18.2 Å². The maximum atomic E-state index is 5.53. The van der Waals surface area contributed by atoms with Crippen LogP contribution < -0.4 is 10.2 Å². The number of nitrogens with one attached hydrogen (secondary N) is 1. The largest absolute Gasteiger partial charge is 0.379 e. The van der Waals surface area contributed by atoms with Crippen molar-refractivity contribution in [1.29, 1.82) is 0 Å². The second kappa shape index (κ2) is 8.28. The number of nitrogens with zero attached hydrogens (tertiary/aromatic N) is 1. The van der Waals surface area contributed by atoms with E-state index in [4.69, 9.17) is 4.74 Å². The number of fused-ring (bicyclic) bond motifs is 1. The van der Waals surface area contributed by atoms with Gasteiger partial charge in [-0.25, -0.2) is 0 Å². The maximum Gasteiger partial charge on any atom is 0.0518 e. The highest BCUT2D eigenvalue weighted by atomic mass is 16.5. The van der Waals surface area contributed by atoms with Gasteiger partial charge in [-0.2, -0.15) is 0 Å². The molecule has 112 valence electrons. The molecule has 0 aliphatic carbocycles. The number of rotatable bonds is 8. The Labute approximate surface area is 123 Å². The first-order chi connectivity index (χ1) is 9.77. The average Bonchev–Trinajstić information content (AvgIpc) is 2.46. The normalized spacial score (nSPS) is 14.7. The SMILES string of the molecule is CC(C)OCCCNCCN1CCCc2ccccc21. The lowest BCUT2D eigenvalue weighted by Crippen LogP contribution is -2.36. The summed E-state index contributed by atoms with van der Waals surface area (Å²) in [5, 5.41) is 3.52. The number of hydrogen-bond donors (Lipinski definition) is 1. The van der Waals surface area contributed by atoms with Gasteiger partial charge in [0.25, 0.3) is 0 Å². The van der Waals surface area contributed by atoms with Gasteiger partial charge in [0.15, 0.2) is 0 Å². The van der Waals surface area contributed by atoms with Gasteiger partial charge in [0, 0.05) is 31.9 Å². The Morgan fingerprint density at radius 1 is 1.25 bits per heavy atom. The maximum absolute atomic E-state index is 5.53. The number of anilines is 1. The van der Waals surface area contributed by atoms with E-state index in [1.54, 1.807) is 0 Å². The van der Waals surface area contributed by atoms with Gasteiger partial charge in [0.1, 0.15) is 0 Å². The fourth-order valence-corrected chi connectivity index (χ4v) is 2.70. The molecule has 0 fully saturated rings. The zero-order valence-corrected chi connectivity index (χ0v) is 12.9. The molecule has 1 aromatic rings. The second-order valence-electron chi connectivity index (χ2n) is 5.74. The predicted octanol–water partition coefficient (Wildman–Crippen LogP) is 2.84. The van der Waals surface area contributed by atoms with Crippen molar-refractivity contribution >= 4 is 5.69 Å². The molecule has 1 heterocycles. The molecule has 0 atom stereocenters. The van der Waals surface area contributed by atoms with Crippen LogP contribution in [0.1, 0.15) is 32.3 Å². The summed E-state index contributed by atoms with van der Waals surface area (Å²) in [6, 6.07) is 8.81. The number of para-hydroxylation sites is 1. The van der Waals surface area contributed by atoms with Crippen molar-refractivity contribution in [1.82, 2.24) is 5.32 Å². The minimum Gasteiger partial charge on any atom is -0.379 e. The molecule has 0 spiro atoms. The van der Waals surface area contributed by atoms with E-state index in [9.17, 15) is 0 Å². The minimum absolute atomic E-state index is 0.347. The summed E-state index contributed by atoms with van der Waals surface area (Å²) >= 11 is 0. The molecule has 0 amide bonds. The molecule has 0 bridgehead atoms. The molecule has 1 aliphatic heterocycles. The van der Waals surface area contributed by atoms with Crippen molar-refractivity contribution in [3.05, 3.63) is 29.8 Å². The van der Waals surface area contributed by atoms with Crippen molar-refractivity contribution in [3.63, 3.8) is 0 Å². The first-order valence-corrected chi connectivity index (χ1v) is 7.92. The summed E-state index contributed by atoms with van der Waals surface area (Å²) < 4.78 is 5.53. The van der Waals surface area contributed by atoms with Gasteiger partial charge in [0.2, 0.25) is 0 Å². The standard InChI is InChI=1S/C17H28N2O/c1-15(2)20-14-6-10-18-11-13-19-12-5-8-16-7-3-4-9-17(16)19/h3-4,7,9,15,18H,5-6,8,10-14H2,1-2H3. The molecular formula is C17H28N2O. The molecule has 20 heavy (non-hydrogen) atoms. The Morgan fingerprint density at radius 2 is 2.10 bits per heavy atom. The van der Waals surface area contributed by atoms with E-state index in [1.807, 2.05) is 0 Å².